The molecule has 0 radical (unpaired) electrons. The van der Waals surface area contributed by atoms with Crippen molar-refractivity contribution in [2.24, 2.45) is 0 Å². The van der Waals surface area contributed by atoms with Crippen LogP contribution in [0.3, 0.4) is 0 Å². The van der Waals surface area contributed by atoms with Gasteiger partial charge in [0.15, 0.2) is 0 Å². The number of para-hydroxylation sites is 1. The number of nitrogens with one attached hydrogen (secondary N) is 1. The van der Waals surface area contributed by atoms with Crippen LogP contribution in [-0.2, 0) is 0 Å². The van der Waals surface area contributed by atoms with E-state index < -0.39 is 0 Å². The summed E-state index contributed by atoms with van der Waals surface area (Å²) in [7, 11) is 1.71. The summed E-state index contributed by atoms with van der Waals surface area (Å²) >= 11 is 1.75. The molecule has 0 bridgehead atoms. The number of aromatic nitrogens is 1. The molecule has 0 fully saturated rings. The number of ether oxygens (including phenoxy) is 1. The Labute approximate surface area is 118 Å². The minimum atomic E-state index is 0.146. The minimum Gasteiger partial charge on any atom is -0.496 e. The van der Waals surface area contributed by atoms with Crippen LogP contribution in [0.4, 0.5) is 0 Å². The maximum Gasteiger partial charge on any atom is 0.124 e. The van der Waals surface area contributed by atoms with Crippen molar-refractivity contribution in [2.45, 2.75) is 26.8 Å². The van der Waals surface area contributed by atoms with Gasteiger partial charge in [-0.3, -0.25) is 0 Å². The predicted octanol–water partition coefficient (Wildman–Crippen LogP) is 3.47. The molecule has 1 heterocycles. The van der Waals surface area contributed by atoms with E-state index in [-0.39, 0.29) is 6.04 Å². The third-order valence-corrected chi connectivity index (χ3v) is 4.20. The molecule has 1 N–H and O–H groups in total. The van der Waals surface area contributed by atoms with Gasteiger partial charge in [0.25, 0.3) is 0 Å². The van der Waals surface area contributed by atoms with Gasteiger partial charge in [-0.05, 0) is 26.5 Å². The smallest absolute Gasteiger partial charge is 0.124 e. The standard InChI is InChI=1S/C15H20N2OS/c1-5-16-14(15-10(2)17-11(3)19-15)12-8-6-7-9-13(12)18-4/h6-9,14,16H,5H2,1-4H3. The van der Waals surface area contributed by atoms with Gasteiger partial charge in [0.1, 0.15) is 5.75 Å². The number of hydrogen-bond acceptors (Lipinski definition) is 4. The molecule has 0 saturated heterocycles. The third kappa shape index (κ3) is 2.96. The van der Waals surface area contributed by atoms with E-state index in [4.69, 9.17) is 4.74 Å². The van der Waals surface area contributed by atoms with Crippen LogP contribution in [0.2, 0.25) is 0 Å². The molecule has 0 aliphatic heterocycles. The summed E-state index contributed by atoms with van der Waals surface area (Å²) < 4.78 is 5.49. The lowest BCUT2D eigenvalue weighted by Crippen LogP contribution is -2.22. The van der Waals surface area contributed by atoms with Crippen LogP contribution in [0, 0.1) is 13.8 Å². The van der Waals surface area contributed by atoms with E-state index in [9.17, 15) is 0 Å². The van der Waals surface area contributed by atoms with E-state index in [2.05, 4.69) is 30.2 Å². The van der Waals surface area contributed by atoms with Gasteiger partial charge in [0, 0.05) is 10.4 Å². The number of nitrogens with zero attached hydrogens (tertiary/aromatic N) is 1. The molecular formula is C15H20N2OS. The highest BCUT2D eigenvalue weighted by molar-refractivity contribution is 7.11. The molecule has 1 aromatic carbocycles. The maximum atomic E-state index is 5.49. The number of aryl methyl sites for hydroxylation is 2. The fourth-order valence-electron chi connectivity index (χ4n) is 2.27. The zero-order valence-corrected chi connectivity index (χ0v) is 12.7. The van der Waals surface area contributed by atoms with Crippen molar-refractivity contribution < 1.29 is 4.74 Å². The third-order valence-electron chi connectivity index (χ3n) is 3.06. The lowest BCUT2D eigenvalue weighted by atomic mass is 10.0. The average molecular weight is 276 g/mol. The van der Waals surface area contributed by atoms with Crippen LogP contribution in [0.1, 0.15) is 34.1 Å². The molecular weight excluding hydrogens is 256 g/mol. The van der Waals surface area contributed by atoms with Crippen LogP contribution in [0.15, 0.2) is 24.3 Å². The summed E-state index contributed by atoms with van der Waals surface area (Å²) in [6, 6.07) is 8.30. The Balaban J connectivity index is 2.48. The van der Waals surface area contributed by atoms with Crippen molar-refractivity contribution in [1.29, 1.82) is 0 Å². The van der Waals surface area contributed by atoms with Gasteiger partial charge in [0.2, 0.25) is 0 Å². The quantitative estimate of drug-likeness (QED) is 0.908. The highest BCUT2D eigenvalue weighted by atomic mass is 32.1. The summed E-state index contributed by atoms with van der Waals surface area (Å²) in [6.45, 7) is 7.13. The van der Waals surface area contributed by atoms with E-state index in [1.54, 1.807) is 18.4 Å². The van der Waals surface area contributed by atoms with Gasteiger partial charge in [-0.15, -0.1) is 11.3 Å². The lowest BCUT2D eigenvalue weighted by molar-refractivity contribution is 0.404. The zero-order valence-electron chi connectivity index (χ0n) is 11.9. The Hall–Kier alpha value is -1.39. The first-order chi connectivity index (χ1) is 9.17. The summed E-state index contributed by atoms with van der Waals surface area (Å²) in [5.74, 6) is 0.916. The lowest BCUT2D eigenvalue weighted by Gasteiger charge is -2.20. The molecule has 0 saturated carbocycles. The molecule has 0 amide bonds. The average Bonchev–Trinajstić information content (AvgIpc) is 2.75. The molecule has 0 aliphatic rings. The fraction of sp³-hybridized carbons (Fsp3) is 0.400. The largest absolute Gasteiger partial charge is 0.496 e. The van der Waals surface area contributed by atoms with Crippen LogP contribution in [-0.4, -0.2) is 18.6 Å². The first-order valence-corrected chi connectivity index (χ1v) is 7.29. The van der Waals surface area contributed by atoms with Crippen LogP contribution in [0.5, 0.6) is 5.75 Å². The molecule has 2 rings (SSSR count). The Kier molecular flexibility index (Phi) is 4.56. The van der Waals surface area contributed by atoms with Gasteiger partial charge >= 0.3 is 0 Å². The van der Waals surface area contributed by atoms with Crippen molar-refractivity contribution in [3.05, 3.63) is 45.4 Å². The summed E-state index contributed by atoms with van der Waals surface area (Å²) in [5.41, 5.74) is 2.26. The van der Waals surface area contributed by atoms with E-state index >= 15 is 0 Å². The SMILES string of the molecule is CCNC(c1ccccc1OC)c1sc(C)nc1C. The highest BCUT2D eigenvalue weighted by Crippen LogP contribution is 2.34. The second kappa shape index (κ2) is 6.17. The zero-order chi connectivity index (χ0) is 13.8. The van der Waals surface area contributed by atoms with Crippen molar-refractivity contribution in [3.63, 3.8) is 0 Å². The van der Waals surface area contributed by atoms with Gasteiger partial charge in [-0.1, -0.05) is 25.1 Å². The molecule has 0 aliphatic carbocycles. The van der Waals surface area contributed by atoms with Gasteiger partial charge in [0.05, 0.1) is 23.9 Å². The van der Waals surface area contributed by atoms with Crippen LogP contribution >= 0.6 is 11.3 Å². The monoisotopic (exact) mass is 276 g/mol. The Bertz CT molecular complexity index is 551. The second-order valence-corrected chi connectivity index (χ2v) is 5.65. The van der Waals surface area contributed by atoms with Crippen LogP contribution in [0.25, 0.3) is 0 Å². The Morgan fingerprint density at radius 2 is 2.05 bits per heavy atom. The maximum absolute atomic E-state index is 5.49. The Morgan fingerprint density at radius 1 is 1.32 bits per heavy atom. The molecule has 2 aromatic rings. The van der Waals surface area contributed by atoms with E-state index in [1.165, 1.54) is 10.4 Å². The number of hydrogen-bond donors (Lipinski definition) is 1. The number of benzene rings is 1. The van der Waals surface area contributed by atoms with Crippen molar-refractivity contribution in [3.8, 4) is 5.75 Å². The molecule has 1 unspecified atom stereocenters. The minimum absolute atomic E-state index is 0.146. The Morgan fingerprint density at radius 3 is 2.63 bits per heavy atom. The molecule has 4 heteroatoms. The van der Waals surface area contributed by atoms with E-state index in [0.717, 1.165) is 23.0 Å². The second-order valence-electron chi connectivity index (χ2n) is 4.42. The number of methoxy groups -OCH3 is 1. The normalized spacial score (nSPS) is 12.4. The summed E-state index contributed by atoms with van der Waals surface area (Å²) in [6.07, 6.45) is 0. The molecule has 0 spiro atoms. The van der Waals surface area contributed by atoms with Crippen molar-refractivity contribution in [2.75, 3.05) is 13.7 Å². The van der Waals surface area contributed by atoms with Gasteiger partial charge < -0.3 is 10.1 Å². The van der Waals surface area contributed by atoms with Crippen molar-refractivity contribution in [1.82, 2.24) is 10.3 Å². The van der Waals surface area contributed by atoms with Gasteiger partial charge in [-0.2, -0.15) is 0 Å². The van der Waals surface area contributed by atoms with E-state index in [1.807, 2.05) is 25.1 Å². The number of rotatable bonds is 5. The molecule has 1 atom stereocenters. The molecule has 102 valence electrons. The van der Waals surface area contributed by atoms with Gasteiger partial charge in [-0.25, -0.2) is 4.98 Å². The van der Waals surface area contributed by atoms with Crippen molar-refractivity contribution >= 4 is 11.3 Å². The molecule has 1 aromatic heterocycles. The fourth-order valence-corrected chi connectivity index (χ4v) is 3.29. The summed E-state index contributed by atoms with van der Waals surface area (Å²) in [5, 5.41) is 4.64. The molecule has 3 nitrogen and oxygen atoms in total. The van der Waals surface area contributed by atoms with E-state index in [0.29, 0.717) is 0 Å². The number of thiazole rings is 1. The molecule has 19 heavy (non-hydrogen) atoms. The first kappa shape index (κ1) is 14.0. The predicted molar refractivity (Wildman–Crippen MR) is 80.1 cm³/mol. The first-order valence-electron chi connectivity index (χ1n) is 6.47. The highest BCUT2D eigenvalue weighted by Gasteiger charge is 2.21. The topological polar surface area (TPSA) is 34.1 Å². The summed E-state index contributed by atoms with van der Waals surface area (Å²) in [4.78, 5) is 5.80. The van der Waals surface area contributed by atoms with Crippen LogP contribution < -0.4 is 10.1 Å².